The van der Waals surface area contributed by atoms with E-state index in [0.29, 0.717) is 5.92 Å². The monoisotopic (exact) mass is 205 g/mol. The lowest BCUT2D eigenvalue weighted by atomic mass is 10.00. The van der Waals surface area contributed by atoms with Gasteiger partial charge in [0.1, 0.15) is 5.82 Å². The molecule has 15 heavy (non-hydrogen) atoms. The normalized spacial score (nSPS) is 30.5. The summed E-state index contributed by atoms with van der Waals surface area (Å²) in [6.45, 7) is 5.83. The van der Waals surface area contributed by atoms with Crippen LogP contribution in [0.15, 0.2) is 6.20 Å². The molecule has 2 atom stereocenters. The summed E-state index contributed by atoms with van der Waals surface area (Å²) in [7, 11) is 0. The van der Waals surface area contributed by atoms with Gasteiger partial charge in [-0.1, -0.05) is 6.92 Å². The number of aromatic nitrogens is 2. The quantitative estimate of drug-likeness (QED) is 0.753. The highest BCUT2D eigenvalue weighted by Crippen LogP contribution is 2.27. The number of fused-ring (bicyclic) bond motifs is 1. The van der Waals surface area contributed by atoms with Crippen LogP contribution in [0.2, 0.25) is 0 Å². The van der Waals surface area contributed by atoms with Gasteiger partial charge in [0.15, 0.2) is 0 Å². The average Bonchev–Trinajstić information content (AvgIpc) is 2.83. The molecule has 2 aliphatic heterocycles. The fraction of sp³-hybridized carbons (Fsp3) is 0.750. The summed E-state index contributed by atoms with van der Waals surface area (Å²) >= 11 is 0. The highest BCUT2D eigenvalue weighted by molar-refractivity contribution is 5.15. The van der Waals surface area contributed by atoms with Crippen LogP contribution in [0.4, 0.5) is 0 Å². The van der Waals surface area contributed by atoms with E-state index < -0.39 is 0 Å². The van der Waals surface area contributed by atoms with E-state index in [-0.39, 0.29) is 0 Å². The third-order valence-electron chi connectivity index (χ3n) is 3.80. The maximum Gasteiger partial charge on any atom is 0.108 e. The molecular formula is C12H19N3. The molecule has 0 aliphatic carbocycles. The van der Waals surface area contributed by atoms with E-state index in [0.717, 1.165) is 12.5 Å². The van der Waals surface area contributed by atoms with E-state index >= 15 is 0 Å². The van der Waals surface area contributed by atoms with Crippen molar-refractivity contribution in [1.29, 1.82) is 0 Å². The fourth-order valence-electron chi connectivity index (χ4n) is 2.85. The van der Waals surface area contributed by atoms with Crippen molar-refractivity contribution >= 4 is 0 Å². The van der Waals surface area contributed by atoms with E-state index in [2.05, 4.69) is 28.0 Å². The Morgan fingerprint density at radius 1 is 1.47 bits per heavy atom. The zero-order chi connectivity index (χ0) is 10.3. The standard InChI is InChI=1S/C12H19N3/c1-9-2-3-12-14-7-11(15(12)8-9)10-4-5-13-6-10/h7,9-10,13H,2-6,8H2,1H3. The Labute approximate surface area is 90.9 Å². The third kappa shape index (κ3) is 1.59. The second-order valence-corrected chi connectivity index (χ2v) is 5.04. The minimum Gasteiger partial charge on any atom is -0.331 e. The van der Waals surface area contributed by atoms with Gasteiger partial charge in [0.2, 0.25) is 0 Å². The van der Waals surface area contributed by atoms with Crippen LogP contribution >= 0.6 is 0 Å². The molecule has 0 bridgehead atoms. The van der Waals surface area contributed by atoms with Gasteiger partial charge in [-0.25, -0.2) is 4.98 Å². The maximum atomic E-state index is 4.57. The second kappa shape index (κ2) is 3.63. The van der Waals surface area contributed by atoms with E-state index in [1.165, 1.54) is 43.9 Å². The Balaban J connectivity index is 1.92. The number of imidazole rings is 1. The summed E-state index contributed by atoms with van der Waals surface area (Å²) in [6, 6.07) is 0. The van der Waals surface area contributed by atoms with Crippen molar-refractivity contribution in [3.8, 4) is 0 Å². The Kier molecular flexibility index (Phi) is 2.28. The summed E-state index contributed by atoms with van der Waals surface area (Å²) in [5, 5.41) is 3.44. The SMILES string of the molecule is CC1CCc2ncc(C3CCNC3)n2C1. The predicted octanol–water partition coefficient (Wildman–Crippen LogP) is 1.54. The molecule has 0 aromatic carbocycles. The van der Waals surface area contributed by atoms with Crippen LogP contribution in [0.1, 0.15) is 37.2 Å². The molecule has 3 rings (SSSR count). The Morgan fingerprint density at radius 3 is 3.20 bits per heavy atom. The largest absolute Gasteiger partial charge is 0.331 e. The van der Waals surface area contributed by atoms with E-state index in [1.54, 1.807) is 0 Å². The van der Waals surface area contributed by atoms with Crippen molar-refractivity contribution < 1.29 is 0 Å². The number of hydrogen-bond acceptors (Lipinski definition) is 2. The minimum absolute atomic E-state index is 0.705. The molecule has 1 saturated heterocycles. The molecular weight excluding hydrogens is 186 g/mol. The van der Waals surface area contributed by atoms with Crippen LogP contribution in [0, 0.1) is 5.92 Å². The van der Waals surface area contributed by atoms with Crippen LogP contribution in [-0.4, -0.2) is 22.6 Å². The summed E-state index contributed by atoms with van der Waals surface area (Å²) in [6.07, 6.45) is 5.87. The van der Waals surface area contributed by atoms with Crippen molar-refractivity contribution in [2.45, 2.75) is 38.6 Å². The molecule has 1 N–H and O–H groups in total. The molecule has 0 amide bonds. The molecule has 2 unspecified atom stereocenters. The van der Waals surface area contributed by atoms with Crippen molar-refractivity contribution in [1.82, 2.24) is 14.9 Å². The molecule has 1 aromatic rings. The first-order valence-electron chi connectivity index (χ1n) is 6.09. The highest BCUT2D eigenvalue weighted by Gasteiger charge is 2.25. The van der Waals surface area contributed by atoms with Crippen LogP contribution in [-0.2, 0) is 13.0 Å². The number of rotatable bonds is 1. The molecule has 0 spiro atoms. The first-order valence-corrected chi connectivity index (χ1v) is 6.09. The van der Waals surface area contributed by atoms with Gasteiger partial charge in [-0.3, -0.25) is 0 Å². The summed E-state index contributed by atoms with van der Waals surface area (Å²) < 4.78 is 2.48. The van der Waals surface area contributed by atoms with Crippen molar-refractivity contribution in [2.75, 3.05) is 13.1 Å². The van der Waals surface area contributed by atoms with Gasteiger partial charge in [-0.05, 0) is 25.3 Å². The Morgan fingerprint density at radius 2 is 2.40 bits per heavy atom. The number of aryl methyl sites for hydroxylation is 1. The number of hydrogen-bond donors (Lipinski definition) is 1. The predicted molar refractivity (Wildman–Crippen MR) is 59.9 cm³/mol. The summed E-state index contributed by atoms with van der Waals surface area (Å²) in [5.74, 6) is 2.84. The van der Waals surface area contributed by atoms with E-state index in [4.69, 9.17) is 0 Å². The van der Waals surface area contributed by atoms with Gasteiger partial charge < -0.3 is 9.88 Å². The van der Waals surface area contributed by atoms with Crippen LogP contribution in [0.25, 0.3) is 0 Å². The fourth-order valence-corrected chi connectivity index (χ4v) is 2.85. The molecule has 82 valence electrons. The lowest BCUT2D eigenvalue weighted by Crippen LogP contribution is -2.21. The van der Waals surface area contributed by atoms with Crippen LogP contribution < -0.4 is 5.32 Å². The lowest BCUT2D eigenvalue weighted by Gasteiger charge is -2.23. The smallest absolute Gasteiger partial charge is 0.108 e. The molecule has 1 aromatic heterocycles. The maximum absolute atomic E-state index is 4.57. The lowest BCUT2D eigenvalue weighted by molar-refractivity contribution is 0.382. The molecule has 0 radical (unpaired) electrons. The Bertz CT molecular complexity index is 350. The molecule has 3 heteroatoms. The van der Waals surface area contributed by atoms with Gasteiger partial charge in [-0.15, -0.1) is 0 Å². The Hall–Kier alpha value is -0.830. The van der Waals surface area contributed by atoms with Gasteiger partial charge in [0.25, 0.3) is 0 Å². The van der Waals surface area contributed by atoms with E-state index in [9.17, 15) is 0 Å². The van der Waals surface area contributed by atoms with Gasteiger partial charge in [-0.2, -0.15) is 0 Å². The van der Waals surface area contributed by atoms with Crippen LogP contribution in [0.3, 0.4) is 0 Å². The second-order valence-electron chi connectivity index (χ2n) is 5.04. The van der Waals surface area contributed by atoms with Gasteiger partial charge in [0.05, 0.1) is 0 Å². The van der Waals surface area contributed by atoms with Crippen molar-refractivity contribution in [3.63, 3.8) is 0 Å². The number of nitrogens with one attached hydrogen (secondary N) is 1. The van der Waals surface area contributed by atoms with E-state index in [1.807, 2.05) is 0 Å². The highest BCUT2D eigenvalue weighted by atomic mass is 15.1. The number of nitrogens with zero attached hydrogens (tertiary/aromatic N) is 2. The topological polar surface area (TPSA) is 29.9 Å². The zero-order valence-corrected chi connectivity index (χ0v) is 9.37. The van der Waals surface area contributed by atoms with Crippen LogP contribution in [0.5, 0.6) is 0 Å². The van der Waals surface area contributed by atoms with Crippen molar-refractivity contribution in [2.24, 2.45) is 5.92 Å². The van der Waals surface area contributed by atoms with Crippen molar-refractivity contribution in [3.05, 3.63) is 17.7 Å². The summed E-state index contributed by atoms with van der Waals surface area (Å²) in [4.78, 5) is 4.57. The molecule has 1 fully saturated rings. The first-order chi connectivity index (χ1) is 7.34. The molecule has 3 heterocycles. The third-order valence-corrected chi connectivity index (χ3v) is 3.80. The first kappa shape index (κ1) is 9.40. The van der Waals surface area contributed by atoms with Gasteiger partial charge in [0, 0.05) is 37.3 Å². The van der Waals surface area contributed by atoms with Gasteiger partial charge >= 0.3 is 0 Å². The minimum atomic E-state index is 0.705. The molecule has 2 aliphatic rings. The molecule has 3 nitrogen and oxygen atoms in total. The molecule has 0 saturated carbocycles. The summed E-state index contributed by atoms with van der Waals surface area (Å²) in [5.41, 5.74) is 1.47. The zero-order valence-electron chi connectivity index (χ0n) is 9.37. The average molecular weight is 205 g/mol.